The first-order valence-electron chi connectivity index (χ1n) is 15.1. The first kappa shape index (κ1) is 30.3. The third-order valence-electron chi connectivity index (χ3n) is 8.92. The lowest BCUT2D eigenvalue weighted by atomic mass is 10.00. The van der Waals surface area contributed by atoms with Gasteiger partial charge >= 0.3 is 0 Å². The molecule has 1 N–H and O–H groups in total. The predicted octanol–water partition coefficient (Wildman–Crippen LogP) is 4.26. The fourth-order valence-electron chi connectivity index (χ4n) is 6.50. The third-order valence-corrected chi connectivity index (χ3v) is 9.36. The van der Waals surface area contributed by atoms with Crippen LogP contribution in [0.25, 0.3) is 22.0 Å². The highest BCUT2D eigenvalue weighted by Gasteiger charge is 2.67. The summed E-state index contributed by atoms with van der Waals surface area (Å²) in [5.74, 6) is 0.254. The normalized spacial score (nSPS) is 23.5. The maximum atomic E-state index is 14.2. The second-order valence-corrected chi connectivity index (χ2v) is 12.9. The van der Waals surface area contributed by atoms with Gasteiger partial charge in [0.2, 0.25) is 11.8 Å². The zero-order valence-electron chi connectivity index (χ0n) is 25.4. The van der Waals surface area contributed by atoms with Crippen LogP contribution in [0.3, 0.4) is 0 Å². The van der Waals surface area contributed by atoms with Crippen molar-refractivity contribution < 1.29 is 23.9 Å². The molecule has 2 bridgehead atoms. The summed E-state index contributed by atoms with van der Waals surface area (Å²) in [4.78, 5) is 55.5. The van der Waals surface area contributed by atoms with Crippen LogP contribution in [0.5, 0.6) is 0 Å². The van der Waals surface area contributed by atoms with Gasteiger partial charge in [0, 0.05) is 47.3 Å². The number of aryl methyl sites for hydroxylation is 1. The number of benzene rings is 1. The first-order chi connectivity index (χ1) is 22.2. The number of Topliss-reactive ketones (excluding diaryl/α,β-unsaturated/α-hetero) is 1. The smallest absolute Gasteiger partial charge is 0.248 e. The Morgan fingerprint density at radius 2 is 1.85 bits per heavy atom. The topological polar surface area (TPSA) is 141 Å². The van der Waals surface area contributed by atoms with E-state index in [2.05, 4.69) is 41.3 Å². The van der Waals surface area contributed by atoms with Crippen LogP contribution in [0.4, 0.5) is 5.82 Å². The van der Waals surface area contributed by atoms with E-state index in [9.17, 15) is 14.4 Å². The Morgan fingerprint density at radius 1 is 1.07 bits per heavy atom. The van der Waals surface area contributed by atoms with Gasteiger partial charge in [0.25, 0.3) is 0 Å². The summed E-state index contributed by atoms with van der Waals surface area (Å²) in [7, 11) is 0. The Labute approximate surface area is 273 Å². The number of rotatable bonds is 4. The number of carbonyl (C=O) groups is 3. The Bertz CT molecular complexity index is 1890. The number of aromatic nitrogens is 5. The molecule has 1 unspecified atom stereocenters. The molecule has 2 amide bonds. The van der Waals surface area contributed by atoms with E-state index in [1.165, 1.54) is 6.92 Å². The van der Waals surface area contributed by atoms with Crippen molar-refractivity contribution >= 4 is 50.2 Å². The highest BCUT2D eigenvalue weighted by Crippen LogP contribution is 2.60. The van der Waals surface area contributed by atoms with Crippen molar-refractivity contribution in [3.63, 3.8) is 0 Å². The molecule has 1 aromatic carbocycles. The fraction of sp³-hybridized carbons (Fsp3) is 0.364. The van der Waals surface area contributed by atoms with E-state index >= 15 is 0 Å². The number of amides is 2. The summed E-state index contributed by atoms with van der Waals surface area (Å²) < 4.78 is 13.9. The molecular weight excluding hydrogens is 654 g/mol. The summed E-state index contributed by atoms with van der Waals surface area (Å²) in [5, 5.41) is 8.18. The van der Waals surface area contributed by atoms with Crippen LogP contribution in [0.2, 0.25) is 0 Å². The highest BCUT2D eigenvalue weighted by molar-refractivity contribution is 9.10. The molecule has 4 aromatic rings. The quantitative estimate of drug-likeness (QED) is 0.189. The van der Waals surface area contributed by atoms with Crippen LogP contribution < -0.4 is 5.32 Å². The molecule has 2 fully saturated rings. The molecule has 3 atom stereocenters. The lowest BCUT2D eigenvalue weighted by Crippen LogP contribution is -2.47. The number of anilines is 1. The predicted molar refractivity (Wildman–Crippen MR) is 172 cm³/mol. The second kappa shape index (κ2) is 12.1. The summed E-state index contributed by atoms with van der Waals surface area (Å²) in [5.41, 5.74) is 2.97. The molecule has 3 aromatic heterocycles. The van der Waals surface area contributed by atoms with Crippen LogP contribution in [0.1, 0.15) is 41.6 Å². The van der Waals surface area contributed by atoms with Gasteiger partial charge in [-0.25, -0.2) is 15.0 Å². The second-order valence-electron chi connectivity index (χ2n) is 12.0. The number of ether oxygens (including phenoxy) is 2. The molecule has 5 heterocycles. The minimum atomic E-state index is -0.729. The van der Waals surface area contributed by atoms with Crippen molar-refractivity contribution in [1.29, 1.82) is 0 Å². The standard InChI is InChI=1S/C33H32BrN7O5/c1-19(42)30-24-11-21(23-14-35-20(2)36-15-23)5-7-25(24)40(39-30)16-29(43)41-26-12-33(13-27(33)41)18-46-10-4-3-9-45-17-22-6-8-28(34)37-31(22)38-32(26)44/h3-8,11,14-15,26-27H,9-10,12-13,16-18H2,1-2H3,(H,37,38,44)/b4-3+/t26-,27?,33-/m0/s1. The fourth-order valence-corrected chi connectivity index (χ4v) is 6.81. The first-order valence-corrected chi connectivity index (χ1v) is 15.9. The number of likely N-dealkylation sites (tertiary alicyclic amines) is 1. The summed E-state index contributed by atoms with van der Waals surface area (Å²) in [6, 6.07) is 8.39. The van der Waals surface area contributed by atoms with E-state index in [0.29, 0.717) is 53.4 Å². The molecule has 13 heteroatoms. The molecule has 46 heavy (non-hydrogen) atoms. The van der Waals surface area contributed by atoms with Crippen molar-refractivity contribution in [2.24, 2.45) is 5.41 Å². The van der Waals surface area contributed by atoms with E-state index in [1.54, 1.807) is 28.0 Å². The molecule has 236 valence electrons. The molecule has 3 aliphatic rings. The van der Waals surface area contributed by atoms with Crippen LogP contribution in [-0.4, -0.2) is 79.1 Å². The van der Waals surface area contributed by atoms with Crippen molar-refractivity contribution in [3.8, 4) is 11.1 Å². The van der Waals surface area contributed by atoms with Crippen molar-refractivity contribution in [2.45, 2.75) is 51.9 Å². The molecule has 1 aliphatic carbocycles. The Morgan fingerprint density at radius 3 is 2.63 bits per heavy atom. The van der Waals surface area contributed by atoms with Gasteiger partial charge in [-0.15, -0.1) is 0 Å². The molecule has 12 nitrogen and oxygen atoms in total. The number of hydrogen-bond donors (Lipinski definition) is 1. The molecule has 2 aliphatic heterocycles. The Balaban J connectivity index is 1.20. The van der Waals surface area contributed by atoms with Gasteiger partial charge < -0.3 is 19.7 Å². The van der Waals surface area contributed by atoms with Crippen LogP contribution >= 0.6 is 15.9 Å². The molecular formula is C33H32BrN7O5. The van der Waals surface area contributed by atoms with Gasteiger partial charge in [-0.2, -0.15) is 5.10 Å². The average Bonchev–Trinajstić information content (AvgIpc) is 3.45. The Kier molecular flexibility index (Phi) is 7.99. The van der Waals surface area contributed by atoms with E-state index in [0.717, 1.165) is 23.1 Å². The van der Waals surface area contributed by atoms with Crippen LogP contribution in [0, 0.1) is 12.3 Å². The van der Waals surface area contributed by atoms with Gasteiger partial charge in [0.05, 0.1) is 31.9 Å². The largest absolute Gasteiger partial charge is 0.377 e. The number of carbonyl (C=O) groups excluding carboxylic acids is 3. The number of nitrogens with zero attached hydrogens (tertiary/aromatic N) is 6. The number of piperidine rings is 1. The maximum absolute atomic E-state index is 14.2. The molecule has 7 rings (SSSR count). The van der Waals surface area contributed by atoms with Gasteiger partial charge in [-0.1, -0.05) is 24.3 Å². The molecule has 0 radical (unpaired) electrons. The third kappa shape index (κ3) is 5.74. The van der Waals surface area contributed by atoms with E-state index in [1.807, 2.05) is 43.3 Å². The van der Waals surface area contributed by atoms with Crippen LogP contribution in [-0.2, 0) is 32.2 Å². The monoisotopic (exact) mass is 685 g/mol. The van der Waals surface area contributed by atoms with Gasteiger partial charge in [-0.05, 0) is 59.5 Å². The minimum absolute atomic E-state index is 0.134. The van der Waals surface area contributed by atoms with Crippen molar-refractivity contribution in [3.05, 3.63) is 76.6 Å². The zero-order valence-corrected chi connectivity index (χ0v) is 27.0. The lowest BCUT2D eigenvalue weighted by molar-refractivity contribution is -0.138. The number of fused-ring (bicyclic) bond motifs is 3. The molecule has 1 saturated carbocycles. The van der Waals surface area contributed by atoms with E-state index < -0.39 is 6.04 Å². The lowest BCUT2D eigenvalue weighted by Gasteiger charge is -2.27. The van der Waals surface area contributed by atoms with Crippen LogP contribution in [0.15, 0.2) is 59.5 Å². The number of hydrogen-bond acceptors (Lipinski definition) is 9. The Hall–Kier alpha value is -4.33. The number of nitrogens with one attached hydrogen (secondary N) is 1. The maximum Gasteiger partial charge on any atom is 0.248 e. The zero-order chi connectivity index (χ0) is 32.0. The summed E-state index contributed by atoms with van der Waals surface area (Å²) >= 11 is 3.40. The number of ketones is 1. The average molecular weight is 687 g/mol. The number of pyridine rings is 1. The number of halogens is 1. The van der Waals surface area contributed by atoms with Crippen molar-refractivity contribution in [2.75, 3.05) is 25.1 Å². The highest BCUT2D eigenvalue weighted by atomic mass is 79.9. The van der Waals surface area contributed by atoms with Crippen molar-refractivity contribution in [1.82, 2.24) is 29.6 Å². The SMILES string of the molecule is CC(=O)c1nn(CC(=O)N2C3C[C@@]34COC/C=C/COCc3ccc(Br)nc3NC(=O)[C@@H]2C4)c2ccc(-c3cnc(C)nc3)cc12. The van der Waals surface area contributed by atoms with Gasteiger partial charge in [0.1, 0.15) is 34.5 Å². The molecule has 1 spiro atoms. The van der Waals surface area contributed by atoms with E-state index in [-0.39, 0.29) is 47.9 Å². The summed E-state index contributed by atoms with van der Waals surface area (Å²) in [6.07, 6.45) is 8.50. The summed E-state index contributed by atoms with van der Waals surface area (Å²) in [6.45, 7) is 4.64. The molecule has 1 saturated heterocycles. The van der Waals surface area contributed by atoms with Gasteiger partial charge in [0.15, 0.2) is 5.78 Å². The van der Waals surface area contributed by atoms with E-state index in [4.69, 9.17) is 9.47 Å². The minimum Gasteiger partial charge on any atom is -0.377 e. The van der Waals surface area contributed by atoms with Gasteiger partial charge in [-0.3, -0.25) is 19.1 Å².